The number of rotatable bonds is 73. The number of hydrogen-bond acceptors (Lipinski definition) is 15. The molecule has 5 atom stereocenters. The van der Waals surface area contributed by atoms with Crippen molar-refractivity contribution in [3.05, 3.63) is 0 Å². The number of esters is 4. The molecule has 0 aliphatic carbocycles. The number of phosphoric acid groups is 2. The van der Waals surface area contributed by atoms with Crippen LogP contribution in [0.25, 0.3) is 0 Å². The fourth-order valence-corrected chi connectivity index (χ4v) is 13.1. The summed E-state index contributed by atoms with van der Waals surface area (Å²) in [6.07, 6.45) is 50.1. The van der Waals surface area contributed by atoms with Gasteiger partial charge < -0.3 is 33.8 Å². The Balaban J connectivity index is 5.22. The molecule has 0 bridgehead atoms. The first-order chi connectivity index (χ1) is 45.6. The normalized spacial score (nSPS) is 14.1. The van der Waals surface area contributed by atoms with Gasteiger partial charge in [0.1, 0.15) is 19.3 Å². The molecule has 3 unspecified atom stereocenters. The molecule has 0 heterocycles. The number of carbonyl (C=O) groups excluding carboxylic acids is 4. The molecule has 0 fully saturated rings. The van der Waals surface area contributed by atoms with E-state index in [1.165, 1.54) is 180 Å². The number of hydrogen-bond donors (Lipinski definition) is 3. The first kappa shape index (κ1) is 93.1. The van der Waals surface area contributed by atoms with Crippen molar-refractivity contribution >= 4 is 39.5 Å². The van der Waals surface area contributed by atoms with Gasteiger partial charge in [-0.2, -0.15) is 0 Å². The predicted molar refractivity (Wildman–Crippen MR) is 386 cm³/mol. The minimum Gasteiger partial charge on any atom is -0.462 e. The highest BCUT2D eigenvalue weighted by molar-refractivity contribution is 7.47. The standard InChI is InChI=1S/C76H148O17P2/c1-66(2)52-44-36-28-21-15-13-11-9-10-12-14-16-25-33-42-50-58-75(80)93-72(63-87-74(79)57-49-41-35-27-31-39-47-55-69(7)8)65-91-95(84,85)89-61-70(77)60-88-94(82,83)90-64-71(92-76(81)59-51-43-34-26-20-18-23-30-38-46-54-68(5)6)62-86-73(78)56-48-40-32-24-19-17-22-29-37-45-53-67(3)4/h66-72,77H,9-65H2,1-8H3,(H,82,83)(H,84,85)/t70?,71-,72-/m1/s1. The second kappa shape index (κ2) is 65.4. The van der Waals surface area contributed by atoms with Crippen LogP contribution in [0.15, 0.2) is 0 Å². The number of unbranched alkanes of at least 4 members (excludes halogenated alkanes) is 39. The average Bonchev–Trinajstić information content (AvgIpc) is 3.10. The largest absolute Gasteiger partial charge is 0.472 e. The fraction of sp³-hybridized carbons (Fsp3) is 0.947. The van der Waals surface area contributed by atoms with Crippen LogP contribution in [0.4, 0.5) is 0 Å². The van der Waals surface area contributed by atoms with Gasteiger partial charge in [0.15, 0.2) is 12.2 Å². The van der Waals surface area contributed by atoms with Crippen LogP contribution in [0.1, 0.15) is 383 Å². The molecule has 0 aromatic carbocycles. The van der Waals surface area contributed by atoms with E-state index >= 15 is 0 Å². The Morgan fingerprint density at radius 3 is 0.653 bits per heavy atom. The fourth-order valence-electron chi connectivity index (χ4n) is 11.6. The maximum Gasteiger partial charge on any atom is 0.472 e. The van der Waals surface area contributed by atoms with Crippen LogP contribution in [0.2, 0.25) is 0 Å². The van der Waals surface area contributed by atoms with Gasteiger partial charge in [0.25, 0.3) is 0 Å². The molecule has 0 radical (unpaired) electrons. The van der Waals surface area contributed by atoms with E-state index in [2.05, 4.69) is 55.4 Å². The van der Waals surface area contributed by atoms with Crippen molar-refractivity contribution in [1.82, 2.24) is 0 Å². The average molecular weight is 1400 g/mol. The van der Waals surface area contributed by atoms with Crippen LogP contribution in [0, 0.1) is 23.7 Å². The number of aliphatic hydroxyl groups excluding tert-OH is 1. The molecule has 0 saturated carbocycles. The Morgan fingerprint density at radius 2 is 0.442 bits per heavy atom. The van der Waals surface area contributed by atoms with Gasteiger partial charge in [-0.1, -0.05) is 331 Å². The molecule has 19 heteroatoms. The van der Waals surface area contributed by atoms with E-state index in [1.54, 1.807) is 0 Å². The van der Waals surface area contributed by atoms with Gasteiger partial charge in [-0.05, 0) is 49.4 Å². The van der Waals surface area contributed by atoms with Gasteiger partial charge in [-0.15, -0.1) is 0 Å². The second-order valence-electron chi connectivity index (χ2n) is 29.3. The summed E-state index contributed by atoms with van der Waals surface area (Å²) in [5, 5.41) is 10.6. The van der Waals surface area contributed by atoms with Gasteiger partial charge in [-0.3, -0.25) is 37.3 Å². The summed E-state index contributed by atoms with van der Waals surface area (Å²) >= 11 is 0. The Kier molecular flexibility index (Phi) is 64.0. The van der Waals surface area contributed by atoms with Gasteiger partial charge >= 0.3 is 39.5 Å². The zero-order chi connectivity index (χ0) is 70.3. The highest BCUT2D eigenvalue weighted by Gasteiger charge is 2.30. The number of carbonyl (C=O) groups is 4. The molecule has 0 amide bonds. The minimum absolute atomic E-state index is 0.105. The van der Waals surface area contributed by atoms with E-state index < -0.39 is 97.5 Å². The van der Waals surface area contributed by atoms with Crippen LogP contribution in [0.5, 0.6) is 0 Å². The molecule has 564 valence electrons. The highest BCUT2D eigenvalue weighted by atomic mass is 31.2. The maximum atomic E-state index is 13.1. The third-order valence-electron chi connectivity index (χ3n) is 17.6. The molecule has 0 aromatic heterocycles. The lowest BCUT2D eigenvalue weighted by molar-refractivity contribution is -0.161. The molecular weight excluding hydrogens is 1250 g/mol. The summed E-state index contributed by atoms with van der Waals surface area (Å²) in [4.78, 5) is 72.8. The maximum absolute atomic E-state index is 13.1. The Bertz CT molecular complexity index is 1870. The summed E-state index contributed by atoms with van der Waals surface area (Å²) in [7, 11) is -9.91. The SMILES string of the molecule is CC(C)CCCCCCCCCCCCCCCCCCC(=O)O[C@H](COC(=O)CCCCCCCCCC(C)C)COP(=O)(O)OCC(O)COP(=O)(O)OC[C@@H](COC(=O)CCCCCCCCCCCCC(C)C)OC(=O)CCCCCCCCCCCCC(C)C. The molecule has 0 aromatic rings. The predicted octanol–water partition coefficient (Wildman–Crippen LogP) is 22.0. The smallest absolute Gasteiger partial charge is 0.462 e. The molecular formula is C76H148O17P2. The van der Waals surface area contributed by atoms with E-state index in [9.17, 15) is 43.2 Å². The van der Waals surface area contributed by atoms with E-state index in [0.717, 1.165) is 114 Å². The molecule has 17 nitrogen and oxygen atoms in total. The van der Waals surface area contributed by atoms with Crippen LogP contribution in [-0.2, 0) is 65.4 Å². The van der Waals surface area contributed by atoms with Crippen LogP contribution in [-0.4, -0.2) is 96.7 Å². The van der Waals surface area contributed by atoms with Crippen molar-refractivity contribution in [3.8, 4) is 0 Å². The van der Waals surface area contributed by atoms with Gasteiger partial charge in [0.2, 0.25) is 0 Å². The van der Waals surface area contributed by atoms with Gasteiger partial charge in [-0.25, -0.2) is 9.13 Å². The first-order valence-corrected chi connectivity index (χ1v) is 42.2. The Morgan fingerprint density at radius 1 is 0.263 bits per heavy atom. The summed E-state index contributed by atoms with van der Waals surface area (Å²) in [6.45, 7) is 14.2. The first-order valence-electron chi connectivity index (χ1n) is 39.2. The number of aliphatic hydroxyl groups is 1. The third-order valence-corrected chi connectivity index (χ3v) is 19.5. The zero-order valence-electron chi connectivity index (χ0n) is 62.3. The van der Waals surface area contributed by atoms with Crippen molar-refractivity contribution in [2.24, 2.45) is 23.7 Å². The van der Waals surface area contributed by atoms with Crippen molar-refractivity contribution in [2.75, 3.05) is 39.6 Å². The van der Waals surface area contributed by atoms with Gasteiger partial charge in [0.05, 0.1) is 26.4 Å². The second-order valence-corrected chi connectivity index (χ2v) is 32.2. The van der Waals surface area contributed by atoms with E-state index in [1.807, 2.05) is 0 Å². The summed E-state index contributed by atoms with van der Waals surface area (Å²) in [5.41, 5.74) is 0. The lowest BCUT2D eigenvalue weighted by Gasteiger charge is -2.21. The quantitative estimate of drug-likeness (QED) is 0.0222. The minimum atomic E-state index is -4.96. The Hall–Kier alpha value is -1.94. The molecule has 0 spiro atoms. The molecule has 0 rings (SSSR count). The van der Waals surface area contributed by atoms with E-state index in [0.29, 0.717) is 31.6 Å². The lowest BCUT2D eigenvalue weighted by Crippen LogP contribution is -2.30. The molecule has 0 aliphatic rings. The summed E-state index contributed by atoms with van der Waals surface area (Å²) in [6, 6.07) is 0. The van der Waals surface area contributed by atoms with Crippen molar-refractivity contribution in [2.45, 2.75) is 401 Å². The Labute approximate surface area is 581 Å². The van der Waals surface area contributed by atoms with Gasteiger partial charge in [0, 0.05) is 25.7 Å². The summed E-state index contributed by atoms with van der Waals surface area (Å²) in [5.74, 6) is 0.903. The third kappa shape index (κ3) is 70.3. The lowest BCUT2D eigenvalue weighted by atomic mass is 10.0. The topological polar surface area (TPSA) is 237 Å². The van der Waals surface area contributed by atoms with Crippen LogP contribution < -0.4 is 0 Å². The van der Waals surface area contributed by atoms with Crippen molar-refractivity contribution in [1.29, 1.82) is 0 Å². The number of ether oxygens (including phenoxy) is 4. The molecule has 3 N–H and O–H groups in total. The molecule has 0 saturated heterocycles. The zero-order valence-corrected chi connectivity index (χ0v) is 64.1. The molecule has 0 aliphatic heterocycles. The van der Waals surface area contributed by atoms with Crippen LogP contribution in [0.3, 0.4) is 0 Å². The van der Waals surface area contributed by atoms with Crippen LogP contribution >= 0.6 is 15.6 Å². The monoisotopic (exact) mass is 1400 g/mol. The number of phosphoric ester groups is 2. The van der Waals surface area contributed by atoms with Crippen molar-refractivity contribution in [3.63, 3.8) is 0 Å². The van der Waals surface area contributed by atoms with E-state index in [-0.39, 0.29) is 25.7 Å². The molecule has 95 heavy (non-hydrogen) atoms. The van der Waals surface area contributed by atoms with E-state index in [4.69, 9.17) is 37.0 Å². The van der Waals surface area contributed by atoms with Crippen molar-refractivity contribution < 1.29 is 80.2 Å². The highest BCUT2D eigenvalue weighted by Crippen LogP contribution is 2.45. The summed E-state index contributed by atoms with van der Waals surface area (Å²) < 4.78 is 68.5.